The second kappa shape index (κ2) is 5.70. The molecular formula is C14H15F2N3O3. The molecule has 0 aliphatic carbocycles. The van der Waals surface area contributed by atoms with Gasteiger partial charge in [-0.2, -0.15) is 0 Å². The van der Waals surface area contributed by atoms with E-state index in [0.29, 0.717) is 6.42 Å². The van der Waals surface area contributed by atoms with Gasteiger partial charge in [-0.05, 0) is 25.5 Å². The molecule has 0 radical (unpaired) electrons. The number of hydrogen-bond acceptors (Lipinski definition) is 3. The fraction of sp³-hybridized carbons (Fsp3) is 0.357. The number of urea groups is 1. The van der Waals surface area contributed by atoms with E-state index in [0.717, 1.165) is 23.1 Å². The third kappa shape index (κ3) is 2.90. The molecule has 1 unspecified atom stereocenters. The molecule has 1 fully saturated rings. The summed E-state index contributed by atoms with van der Waals surface area (Å²) in [5, 5.41) is 4.63. The van der Waals surface area contributed by atoms with E-state index in [4.69, 9.17) is 0 Å². The van der Waals surface area contributed by atoms with Crippen molar-refractivity contribution in [2.75, 3.05) is 11.9 Å². The summed E-state index contributed by atoms with van der Waals surface area (Å²) < 4.78 is 26.5. The fourth-order valence-corrected chi connectivity index (χ4v) is 2.06. The summed E-state index contributed by atoms with van der Waals surface area (Å²) >= 11 is 0. The zero-order chi connectivity index (χ0) is 16.5. The van der Waals surface area contributed by atoms with Crippen LogP contribution >= 0.6 is 0 Å². The minimum Gasteiger partial charge on any atom is -0.323 e. The largest absolute Gasteiger partial charge is 0.325 e. The first-order valence-electron chi connectivity index (χ1n) is 6.66. The normalized spacial score (nSPS) is 21.0. The van der Waals surface area contributed by atoms with Gasteiger partial charge in [0.15, 0.2) is 0 Å². The molecule has 8 heteroatoms. The number of benzene rings is 1. The van der Waals surface area contributed by atoms with Crippen molar-refractivity contribution in [1.29, 1.82) is 0 Å². The Hall–Kier alpha value is -2.51. The molecule has 1 atom stereocenters. The number of nitrogens with zero attached hydrogens (tertiary/aromatic N) is 1. The molecule has 1 aromatic rings. The van der Waals surface area contributed by atoms with Crippen LogP contribution in [0.2, 0.25) is 0 Å². The maximum absolute atomic E-state index is 13.4. The highest BCUT2D eigenvalue weighted by Crippen LogP contribution is 2.21. The minimum atomic E-state index is -1.05. The second-order valence-corrected chi connectivity index (χ2v) is 5.18. The van der Waals surface area contributed by atoms with Gasteiger partial charge in [0.05, 0.1) is 5.69 Å². The zero-order valence-electron chi connectivity index (χ0n) is 12.1. The molecule has 4 amide bonds. The molecule has 0 aromatic heterocycles. The second-order valence-electron chi connectivity index (χ2n) is 5.18. The Morgan fingerprint density at radius 1 is 1.36 bits per heavy atom. The van der Waals surface area contributed by atoms with Crippen molar-refractivity contribution < 1.29 is 23.2 Å². The van der Waals surface area contributed by atoms with E-state index < -0.39 is 41.6 Å². The molecule has 1 heterocycles. The first kappa shape index (κ1) is 15.9. The number of imide groups is 1. The highest BCUT2D eigenvalue weighted by molar-refractivity contribution is 6.09. The Labute approximate surface area is 125 Å². The number of carbonyl (C=O) groups is 3. The average Bonchev–Trinajstić information content (AvgIpc) is 2.67. The standard InChI is InChI=1S/C14H15F2N3O3/c1-3-14(2)12(21)19(13(22)18-14)7-11(20)17-10-6-8(15)4-5-9(10)16/h4-6H,3,7H2,1-2H3,(H,17,20)(H,18,22). The predicted molar refractivity (Wildman–Crippen MR) is 73.9 cm³/mol. The van der Waals surface area contributed by atoms with Gasteiger partial charge in [0.25, 0.3) is 5.91 Å². The average molecular weight is 311 g/mol. The fourth-order valence-electron chi connectivity index (χ4n) is 2.06. The van der Waals surface area contributed by atoms with Crippen LogP contribution in [0.1, 0.15) is 20.3 Å². The van der Waals surface area contributed by atoms with Crippen LogP contribution in [0.5, 0.6) is 0 Å². The first-order chi connectivity index (χ1) is 10.3. The van der Waals surface area contributed by atoms with Gasteiger partial charge in [0.2, 0.25) is 5.91 Å². The molecule has 0 bridgehead atoms. The molecular weight excluding hydrogens is 296 g/mol. The van der Waals surface area contributed by atoms with Gasteiger partial charge < -0.3 is 10.6 Å². The molecule has 1 aliphatic heterocycles. The molecule has 6 nitrogen and oxygen atoms in total. The van der Waals surface area contributed by atoms with E-state index in [1.807, 2.05) is 0 Å². The van der Waals surface area contributed by atoms with Crippen LogP contribution in [0.4, 0.5) is 19.3 Å². The molecule has 22 heavy (non-hydrogen) atoms. The topological polar surface area (TPSA) is 78.5 Å². The number of hydrogen-bond donors (Lipinski definition) is 2. The molecule has 2 N–H and O–H groups in total. The van der Waals surface area contributed by atoms with Gasteiger partial charge in [-0.15, -0.1) is 0 Å². The SMILES string of the molecule is CCC1(C)NC(=O)N(CC(=O)Nc2cc(F)ccc2F)C1=O. The van der Waals surface area contributed by atoms with E-state index in [1.165, 1.54) is 0 Å². The van der Waals surface area contributed by atoms with Crippen molar-refractivity contribution >= 4 is 23.5 Å². The molecule has 1 aromatic carbocycles. The monoisotopic (exact) mass is 311 g/mol. The van der Waals surface area contributed by atoms with Crippen LogP contribution in [-0.2, 0) is 9.59 Å². The molecule has 0 saturated carbocycles. The number of halogens is 2. The highest BCUT2D eigenvalue weighted by atomic mass is 19.1. The van der Waals surface area contributed by atoms with E-state index in [9.17, 15) is 23.2 Å². The summed E-state index contributed by atoms with van der Waals surface area (Å²) in [6.45, 7) is 2.71. The van der Waals surface area contributed by atoms with Crippen LogP contribution in [0.25, 0.3) is 0 Å². The number of nitrogens with one attached hydrogen (secondary N) is 2. The van der Waals surface area contributed by atoms with Gasteiger partial charge in [0, 0.05) is 6.07 Å². The van der Waals surface area contributed by atoms with Crippen LogP contribution in [-0.4, -0.2) is 34.8 Å². The molecule has 1 saturated heterocycles. The third-order valence-corrected chi connectivity index (χ3v) is 3.56. The molecule has 2 rings (SSSR count). The summed E-state index contributed by atoms with van der Waals surface area (Å²) in [6.07, 6.45) is 0.369. The molecule has 0 spiro atoms. The van der Waals surface area contributed by atoms with E-state index in [-0.39, 0.29) is 5.69 Å². The van der Waals surface area contributed by atoms with Crippen LogP contribution in [0.15, 0.2) is 18.2 Å². The maximum Gasteiger partial charge on any atom is 0.325 e. The van der Waals surface area contributed by atoms with Crippen molar-refractivity contribution in [1.82, 2.24) is 10.2 Å². The van der Waals surface area contributed by atoms with Crippen LogP contribution < -0.4 is 10.6 Å². The summed E-state index contributed by atoms with van der Waals surface area (Å²) in [7, 11) is 0. The van der Waals surface area contributed by atoms with E-state index in [2.05, 4.69) is 10.6 Å². The van der Waals surface area contributed by atoms with Gasteiger partial charge in [0.1, 0.15) is 23.7 Å². The predicted octanol–water partition coefficient (Wildman–Crippen LogP) is 1.62. The van der Waals surface area contributed by atoms with Crippen molar-refractivity contribution in [2.24, 2.45) is 0 Å². The lowest BCUT2D eigenvalue weighted by Gasteiger charge is -2.19. The van der Waals surface area contributed by atoms with Gasteiger partial charge in [-0.3, -0.25) is 14.5 Å². The molecule has 118 valence electrons. The Morgan fingerprint density at radius 2 is 2.05 bits per heavy atom. The summed E-state index contributed by atoms with van der Waals surface area (Å²) in [5.74, 6) is -2.86. The number of carbonyl (C=O) groups excluding carboxylic acids is 3. The summed E-state index contributed by atoms with van der Waals surface area (Å²) in [4.78, 5) is 36.4. The first-order valence-corrected chi connectivity index (χ1v) is 6.66. The Morgan fingerprint density at radius 3 is 2.64 bits per heavy atom. The maximum atomic E-state index is 13.4. The third-order valence-electron chi connectivity index (χ3n) is 3.56. The number of anilines is 1. The minimum absolute atomic E-state index is 0.352. The van der Waals surface area contributed by atoms with Gasteiger partial charge >= 0.3 is 6.03 Å². The van der Waals surface area contributed by atoms with Crippen LogP contribution in [0, 0.1) is 11.6 Å². The van der Waals surface area contributed by atoms with E-state index >= 15 is 0 Å². The van der Waals surface area contributed by atoms with Crippen LogP contribution in [0.3, 0.4) is 0 Å². The van der Waals surface area contributed by atoms with Crippen molar-refractivity contribution in [3.05, 3.63) is 29.8 Å². The van der Waals surface area contributed by atoms with Crippen molar-refractivity contribution in [2.45, 2.75) is 25.8 Å². The molecule has 1 aliphatic rings. The van der Waals surface area contributed by atoms with Gasteiger partial charge in [-0.25, -0.2) is 13.6 Å². The Balaban J connectivity index is 2.08. The lowest BCUT2D eigenvalue weighted by molar-refractivity contribution is -0.133. The lowest BCUT2D eigenvalue weighted by atomic mass is 9.99. The smallest absolute Gasteiger partial charge is 0.323 e. The Kier molecular flexibility index (Phi) is 4.11. The Bertz CT molecular complexity index is 650. The lowest BCUT2D eigenvalue weighted by Crippen LogP contribution is -2.44. The van der Waals surface area contributed by atoms with Gasteiger partial charge in [-0.1, -0.05) is 6.92 Å². The van der Waals surface area contributed by atoms with Crippen molar-refractivity contribution in [3.63, 3.8) is 0 Å². The van der Waals surface area contributed by atoms with E-state index in [1.54, 1.807) is 13.8 Å². The zero-order valence-corrected chi connectivity index (χ0v) is 12.1. The summed E-state index contributed by atoms with van der Waals surface area (Å²) in [6, 6.07) is 1.90. The highest BCUT2D eigenvalue weighted by Gasteiger charge is 2.46. The number of amides is 4. The quantitative estimate of drug-likeness (QED) is 0.830. The summed E-state index contributed by atoms with van der Waals surface area (Å²) in [5.41, 5.74) is -1.41. The number of rotatable bonds is 4. The van der Waals surface area contributed by atoms with Crippen molar-refractivity contribution in [3.8, 4) is 0 Å².